The number of ketones is 1. The fraction of sp³-hybridized carbons (Fsp3) is 0.462. The van der Waals surface area contributed by atoms with Crippen LogP contribution in [-0.4, -0.2) is 18.1 Å². The molecule has 5 heteroatoms. The van der Waals surface area contributed by atoms with Crippen molar-refractivity contribution in [2.45, 2.75) is 38.0 Å². The van der Waals surface area contributed by atoms with Crippen molar-refractivity contribution in [2.24, 2.45) is 0 Å². The highest BCUT2D eigenvalue weighted by molar-refractivity contribution is 5.88. The highest BCUT2D eigenvalue weighted by Gasteiger charge is 2.47. The number of benzene rings is 1. The minimum absolute atomic E-state index is 0.376. The van der Waals surface area contributed by atoms with Gasteiger partial charge in [-0.2, -0.15) is 8.78 Å². The van der Waals surface area contributed by atoms with Crippen molar-refractivity contribution in [3.05, 3.63) is 34.9 Å². The zero-order chi connectivity index (χ0) is 13.3. The Morgan fingerprint density at radius 1 is 1.22 bits per heavy atom. The van der Waals surface area contributed by atoms with Crippen LogP contribution in [0.1, 0.15) is 23.1 Å². The van der Waals surface area contributed by atoms with Crippen LogP contribution in [0.4, 0.5) is 17.6 Å². The molecular formula is C13H12F4O. The molecule has 0 amide bonds. The monoisotopic (exact) mass is 260 g/mol. The van der Waals surface area contributed by atoms with Gasteiger partial charge in [-0.15, -0.1) is 0 Å². The summed E-state index contributed by atoms with van der Waals surface area (Å²) in [7, 11) is 0. The van der Waals surface area contributed by atoms with Crippen molar-refractivity contribution < 1.29 is 22.4 Å². The van der Waals surface area contributed by atoms with E-state index in [2.05, 4.69) is 0 Å². The fourth-order valence-electron chi connectivity index (χ4n) is 2.16. The highest BCUT2D eigenvalue weighted by atomic mass is 19.3. The van der Waals surface area contributed by atoms with Gasteiger partial charge < -0.3 is 0 Å². The van der Waals surface area contributed by atoms with E-state index in [1.165, 1.54) is 0 Å². The normalized spacial score (nSPS) is 14.9. The lowest BCUT2D eigenvalue weighted by molar-refractivity contribution is -0.166. The van der Waals surface area contributed by atoms with Crippen molar-refractivity contribution in [3.63, 3.8) is 0 Å². The van der Waals surface area contributed by atoms with Crippen LogP contribution in [0.15, 0.2) is 18.2 Å². The lowest BCUT2D eigenvalue weighted by Crippen LogP contribution is -2.37. The summed E-state index contributed by atoms with van der Waals surface area (Å²) in [4.78, 5) is 11.1. The summed E-state index contributed by atoms with van der Waals surface area (Å²) in [6.45, 7) is 0. The van der Waals surface area contributed by atoms with Crippen LogP contribution >= 0.6 is 0 Å². The van der Waals surface area contributed by atoms with Gasteiger partial charge in [0.1, 0.15) is 0 Å². The fourth-order valence-corrected chi connectivity index (χ4v) is 2.16. The first-order valence-electron chi connectivity index (χ1n) is 5.71. The lowest BCUT2D eigenvalue weighted by atomic mass is 10.0. The van der Waals surface area contributed by atoms with E-state index >= 15 is 0 Å². The van der Waals surface area contributed by atoms with Crippen LogP contribution in [-0.2, 0) is 24.1 Å². The number of carbonyl (C=O) groups excluding carboxylic acids is 1. The molecule has 0 unspecified atom stereocenters. The molecule has 1 nitrogen and oxygen atoms in total. The van der Waals surface area contributed by atoms with Crippen molar-refractivity contribution in [1.29, 1.82) is 0 Å². The number of Topliss-reactive ketones (excluding diaryl/α,β-unsaturated/α-hetero) is 1. The molecule has 0 aliphatic heterocycles. The van der Waals surface area contributed by atoms with Gasteiger partial charge in [0.15, 0.2) is 0 Å². The van der Waals surface area contributed by atoms with Crippen LogP contribution in [0.3, 0.4) is 0 Å². The van der Waals surface area contributed by atoms with E-state index < -0.39 is 24.6 Å². The van der Waals surface area contributed by atoms with Crippen LogP contribution < -0.4 is 0 Å². The molecule has 0 atom stereocenters. The van der Waals surface area contributed by atoms with Crippen molar-refractivity contribution in [2.75, 3.05) is 0 Å². The Morgan fingerprint density at radius 2 is 1.89 bits per heavy atom. The molecule has 0 N–H and O–H groups in total. The summed E-state index contributed by atoms with van der Waals surface area (Å²) in [5.74, 6) is -6.28. The Labute approximate surface area is 102 Å². The van der Waals surface area contributed by atoms with E-state index in [4.69, 9.17) is 0 Å². The molecule has 0 fully saturated rings. The molecule has 0 bridgehead atoms. The maximum absolute atomic E-state index is 12.8. The first-order chi connectivity index (χ1) is 8.41. The third-order valence-electron chi connectivity index (χ3n) is 3.17. The second-order valence-electron chi connectivity index (χ2n) is 4.48. The molecule has 0 radical (unpaired) electrons. The molecule has 18 heavy (non-hydrogen) atoms. The van der Waals surface area contributed by atoms with E-state index in [1.807, 2.05) is 0 Å². The quantitative estimate of drug-likeness (QED) is 0.760. The second kappa shape index (κ2) is 4.71. The van der Waals surface area contributed by atoms with Crippen LogP contribution in [0.25, 0.3) is 0 Å². The molecular weight excluding hydrogens is 248 g/mol. The topological polar surface area (TPSA) is 17.1 Å². The summed E-state index contributed by atoms with van der Waals surface area (Å²) in [6, 6.07) is 5.01. The Bertz CT molecular complexity index is 468. The SMILES string of the molecule is O=C(Cc1ccc2c(c1)CCC2)C(F)(F)C(F)F. The molecule has 2 rings (SSSR count). The van der Waals surface area contributed by atoms with E-state index in [1.54, 1.807) is 18.2 Å². The number of hydrogen-bond donors (Lipinski definition) is 0. The Morgan fingerprint density at radius 3 is 2.56 bits per heavy atom. The highest BCUT2D eigenvalue weighted by Crippen LogP contribution is 2.27. The first-order valence-corrected chi connectivity index (χ1v) is 5.71. The Balaban J connectivity index is 2.13. The number of carbonyl (C=O) groups is 1. The van der Waals surface area contributed by atoms with Gasteiger partial charge in [-0.25, -0.2) is 8.78 Å². The summed E-state index contributed by atoms with van der Waals surface area (Å²) in [5.41, 5.74) is 2.55. The molecule has 98 valence electrons. The largest absolute Gasteiger partial charge is 0.364 e. The summed E-state index contributed by atoms with van der Waals surface area (Å²) < 4.78 is 49.6. The summed E-state index contributed by atoms with van der Waals surface area (Å²) >= 11 is 0. The van der Waals surface area contributed by atoms with Crippen LogP contribution in [0.2, 0.25) is 0 Å². The van der Waals surface area contributed by atoms with Gasteiger partial charge in [0, 0.05) is 6.42 Å². The molecule has 1 aromatic carbocycles. The first kappa shape index (κ1) is 13.1. The van der Waals surface area contributed by atoms with Crippen LogP contribution in [0, 0.1) is 0 Å². The smallest absolute Gasteiger partial charge is 0.292 e. The van der Waals surface area contributed by atoms with E-state index in [-0.39, 0.29) is 0 Å². The number of hydrogen-bond acceptors (Lipinski definition) is 1. The molecule has 0 saturated heterocycles. The number of aryl methyl sites for hydroxylation is 2. The summed E-state index contributed by atoms with van der Waals surface area (Å²) in [5, 5.41) is 0. The van der Waals surface area contributed by atoms with Crippen LogP contribution in [0.5, 0.6) is 0 Å². The van der Waals surface area contributed by atoms with Gasteiger partial charge in [0.05, 0.1) is 0 Å². The standard InChI is InChI=1S/C13H12F4O/c14-12(15)13(16,17)11(18)7-8-4-5-9-2-1-3-10(9)6-8/h4-6,12H,1-3,7H2. The number of fused-ring (bicyclic) bond motifs is 1. The average Bonchev–Trinajstić information content (AvgIpc) is 2.75. The molecule has 0 spiro atoms. The minimum atomic E-state index is -4.56. The molecule has 1 aromatic rings. The van der Waals surface area contributed by atoms with Gasteiger partial charge in [-0.05, 0) is 36.0 Å². The zero-order valence-corrected chi connectivity index (χ0v) is 9.56. The predicted octanol–water partition coefficient (Wildman–Crippen LogP) is 3.19. The van der Waals surface area contributed by atoms with E-state index in [0.717, 1.165) is 30.4 Å². The molecule has 0 heterocycles. The number of halogens is 4. The van der Waals surface area contributed by atoms with E-state index in [9.17, 15) is 22.4 Å². The lowest BCUT2D eigenvalue weighted by Gasteiger charge is -2.14. The van der Waals surface area contributed by atoms with Gasteiger partial charge in [-0.1, -0.05) is 18.2 Å². The maximum atomic E-state index is 12.8. The summed E-state index contributed by atoms with van der Waals surface area (Å²) in [6.07, 6.45) is -1.80. The van der Waals surface area contributed by atoms with Gasteiger partial charge in [0.25, 0.3) is 0 Å². The number of alkyl halides is 4. The second-order valence-corrected chi connectivity index (χ2v) is 4.48. The minimum Gasteiger partial charge on any atom is -0.292 e. The maximum Gasteiger partial charge on any atom is 0.364 e. The predicted molar refractivity (Wildman–Crippen MR) is 58.1 cm³/mol. The molecule has 1 aliphatic rings. The van der Waals surface area contributed by atoms with Gasteiger partial charge >= 0.3 is 12.3 Å². The number of rotatable bonds is 4. The Kier molecular flexibility index (Phi) is 3.41. The van der Waals surface area contributed by atoms with Gasteiger partial charge in [0.2, 0.25) is 5.78 Å². The average molecular weight is 260 g/mol. The Hall–Kier alpha value is -1.39. The van der Waals surface area contributed by atoms with Crippen molar-refractivity contribution in [3.8, 4) is 0 Å². The molecule has 0 saturated carbocycles. The molecule has 1 aliphatic carbocycles. The molecule has 0 aromatic heterocycles. The third-order valence-corrected chi connectivity index (χ3v) is 3.17. The van der Waals surface area contributed by atoms with E-state index in [0.29, 0.717) is 5.56 Å². The zero-order valence-electron chi connectivity index (χ0n) is 9.56. The van der Waals surface area contributed by atoms with Gasteiger partial charge in [-0.3, -0.25) is 4.79 Å². The van der Waals surface area contributed by atoms with Crippen molar-refractivity contribution in [1.82, 2.24) is 0 Å². The van der Waals surface area contributed by atoms with Crippen molar-refractivity contribution >= 4 is 5.78 Å². The third kappa shape index (κ3) is 2.40.